The highest BCUT2D eigenvalue weighted by molar-refractivity contribution is 7.98. The average molecular weight is 380 g/mol. The first kappa shape index (κ1) is 19.3. The summed E-state index contributed by atoms with van der Waals surface area (Å²) in [5.41, 5.74) is 2.17. The van der Waals surface area contributed by atoms with Crippen LogP contribution in [0.3, 0.4) is 0 Å². The molecule has 0 amide bonds. The highest BCUT2D eigenvalue weighted by Gasteiger charge is 2.21. The van der Waals surface area contributed by atoms with Crippen molar-refractivity contribution in [2.45, 2.75) is 25.7 Å². The predicted octanol–water partition coefficient (Wildman–Crippen LogP) is 4.25. The van der Waals surface area contributed by atoms with Crippen molar-refractivity contribution >= 4 is 40.9 Å². The first-order valence-electron chi connectivity index (χ1n) is 7.50. The van der Waals surface area contributed by atoms with Gasteiger partial charge in [0.25, 0.3) is 0 Å². The summed E-state index contributed by atoms with van der Waals surface area (Å²) in [4.78, 5) is 39.9. The summed E-state index contributed by atoms with van der Waals surface area (Å²) in [7, 11) is 0. The number of halogens is 1. The summed E-state index contributed by atoms with van der Waals surface area (Å²) in [5, 5.41) is 0.265. The molecule has 0 atom stereocenters. The fourth-order valence-corrected chi connectivity index (χ4v) is 3.26. The van der Waals surface area contributed by atoms with Crippen molar-refractivity contribution in [3.8, 4) is 0 Å². The van der Waals surface area contributed by atoms with Gasteiger partial charge in [0.05, 0.1) is 16.3 Å². The number of nitrogens with one attached hydrogen (secondary N) is 1. The van der Waals surface area contributed by atoms with Crippen LogP contribution in [0.4, 0.5) is 0 Å². The summed E-state index contributed by atoms with van der Waals surface area (Å²) >= 11 is 7.49. The number of thioether (sulfide) groups is 1. The maximum Gasteiger partial charge on any atom is 0.340 e. The Bertz CT molecular complexity index is 857. The third-order valence-corrected chi connectivity index (χ3v) is 4.85. The molecule has 5 nitrogen and oxygen atoms in total. The molecule has 0 bridgehead atoms. The van der Waals surface area contributed by atoms with Crippen LogP contribution >= 0.6 is 23.4 Å². The van der Waals surface area contributed by atoms with E-state index in [1.807, 2.05) is 6.26 Å². The Balaban J connectivity index is 2.14. The quantitative estimate of drug-likeness (QED) is 0.461. The Morgan fingerprint density at radius 1 is 1.24 bits per heavy atom. The van der Waals surface area contributed by atoms with Crippen LogP contribution in [-0.4, -0.2) is 35.4 Å². The Morgan fingerprint density at radius 2 is 1.92 bits per heavy atom. The molecule has 0 unspecified atom stereocenters. The molecule has 0 aliphatic carbocycles. The minimum Gasteiger partial charge on any atom is -0.454 e. The average Bonchev–Trinajstić information content (AvgIpc) is 2.87. The van der Waals surface area contributed by atoms with E-state index in [0.29, 0.717) is 16.8 Å². The number of aryl methyl sites for hydroxylation is 1. The predicted molar refractivity (Wildman–Crippen MR) is 98.1 cm³/mol. The third-order valence-electron chi connectivity index (χ3n) is 3.80. The topological polar surface area (TPSA) is 76.2 Å². The Morgan fingerprint density at radius 3 is 2.48 bits per heavy atom. The maximum absolute atomic E-state index is 12.3. The van der Waals surface area contributed by atoms with E-state index in [9.17, 15) is 14.4 Å². The van der Waals surface area contributed by atoms with Crippen LogP contribution in [-0.2, 0) is 4.74 Å². The summed E-state index contributed by atoms with van der Waals surface area (Å²) in [6.07, 6.45) is 1.88. The molecule has 0 aliphatic heterocycles. The Hall–Kier alpha value is -2.05. The number of aromatic nitrogens is 1. The number of ether oxygens (including phenoxy) is 1. The van der Waals surface area contributed by atoms with Crippen LogP contribution in [0.5, 0.6) is 0 Å². The maximum atomic E-state index is 12.3. The van der Waals surface area contributed by atoms with Crippen molar-refractivity contribution in [3.05, 3.63) is 51.3 Å². The van der Waals surface area contributed by atoms with Gasteiger partial charge in [-0.1, -0.05) is 11.6 Å². The van der Waals surface area contributed by atoms with Gasteiger partial charge in [-0.3, -0.25) is 9.59 Å². The summed E-state index contributed by atoms with van der Waals surface area (Å²) < 4.78 is 5.10. The van der Waals surface area contributed by atoms with Crippen molar-refractivity contribution < 1.29 is 19.1 Å². The number of carbonyl (C=O) groups excluding carboxylic acids is 3. The van der Waals surface area contributed by atoms with Crippen molar-refractivity contribution in [2.75, 3.05) is 12.9 Å². The normalized spacial score (nSPS) is 10.6. The lowest BCUT2D eigenvalue weighted by atomic mass is 10.1. The molecule has 1 N–H and O–H groups in total. The van der Waals surface area contributed by atoms with E-state index in [0.717, 1.165) is 4.90 Å². The molecule has 1 aromatic heterocycles. The summed E-state index contributed by atoms with van der Waals surface area (Å²) in [5.74, 6) is -1.19. The third kappa shape index (κ3) is 4.14. The number of ketones is 2. The minimum atomic E-state index is -0.665. The van der Waals surface area contributed by atoms with Crippen molar-refractivity contribution in [2.24, 2.45) is 0 Å². The van der Waals surface area contributed by atoms with E-state index in [1.54, 1.807) is 32.0 Å². The Labute approximate surface area is 155 Å². The van der Waals surface area contributed by atoms with Crippen LogP contribution in [0, 0.1) is 13.8 Å². The molecule has 0 aliphatic rings. The zero-order valence-corrected chi connectivity index (χ0v) is 15.9. The molecule has 2 aromatic rings. The largest absolute Gasteiger partial charge is 0.454 e. The van der Waals surface area contributed by atoms with Crippen molar-refractivity contribution in [3.63, 3.8) is 0 Å². The second kappa shape index (κ2) is 7.89. The monoisotopic (exact) mass is 379 g/mol. The second-order valence-electron chi connectivity index (χ2n) is 5.53. The van der Waals surface area contributed by atoms with Gasteiger partial charge in [-0.2, -0.15) is 0 Å². The number of carbonyl (C=O) groups is 3. The number of hydrogen-bond acceptors (Lipinski definition) is 5. The molecular weight excluding hydrogens is 362 g/mol. The van der Waals surface area contributed by atoms with E-state index in [-0.39, 0.29) is 22.1 Å². The van der Waals surface area contributed by atoms with Crippen LogP contribution in [0.1, 0.15) is 49.4 Å². The number of rotatable bonds is 6. The van der Waals surface area contributed by atoms with Gasteiger partial charge in [-0.15, -0.1) is 11.8 Å². The Kier molecular flexibility index (Phi) is 6.08. The van der Waals surface area contributed by atoms with Gasteiger partial charge in [0.2, 0.25) is 5.78 Å². The fraction of sp³-hybridized carbons (Fsp3) is 0.278. The molecule has 1 aromatic carbocycles. The van der Waals surface area contributed by atoms with Crippen LogP contribution in [0.2, 0.25) is 5.02 Å². The zero-order chi connectivity index (χ0) is 18.7. The number of hydrogen-bond donors (Lipinski definition) is 1. The van der Waals surface area contributed by atoms with Crippen molar-refractivity contribution in [1.82, 2.24) is 4.98 Å². The molecule has 0 fully saturated rings. The first-order valence-corrected chi connectivity index (χ1v) is 9.10. The number of H-pyrrole nitrogens is 1. The van der Waals surface area contributed by atoms with Gasteiger partial charge in [0.15, 0.2) is 12.4 Å². The smallest absolute Gasteiger partial charge is 0.340 e. The van der Waals surface area contributed by atoms with Gasteiger partial charge < -0.3 is 9.72 Å². The fourth-order valence-electron chi connectivity index (χ4n) is 2.63. The van der Waals surface area contributed by atoms with Crippen molar-refractivity contribution in [1.29, 1.82) is 0 Å². The summed E-state index contributed by atoms with van der Waals surface area (Å²) in [6, 6.07) is 5.03. The van der Waals surface area contributed by atoms with Crippen LogP contribution < -0.4 is 0 Å². The van der Waals surface area contributed by atoms with Gasteiger partial charge >= 0.3 is 5.97 Å². The summed E-state index contributed by atoms with van der Waals surface area (Å²) in [6.45, 7) is 4.42. The molecule has 0 spiro atoms. The molecular formula is C18H18ClNO4S. The molecule has 0 saturated heterocycles. The molecule has 25 heavy (non-hydrogen) atoms. The number of Topliss-reactive ketones (excluding diaryl/α,β-unsaturated/α-hetero) is 2. The molecule has 0 saturated carbocycles. The van der Waals surface area contributed by atoms with E-state index in [4.69, 9.17) is 16.3 Å². The minimum absolute atomic E-state index is 0.122. The van der Waals surface area contributed by atoms with Crippen LogP contribution in [0.15, 0.2) is 23.1 Å². The lowest BCUT2D eigenvalue weighted by molar-refractivity contribution is 0.0473. The van der Waals surface area contributed by atoms with Gasteiger partial charge in [-0.05, 0) is 50.8 Å². The van der Waals surface area contributed by atoms with Gasteiger partial charge in [-0.25, -0.2) is 4.79 Å². The SMILES string of the molecule is CSc1ccc(Cl)c(C(=O)OCC(=O)c2[nH]c(C)c(C(C)=O)c2C)c1. The number of aromatic amines is 1. The standard InChI is InChI=1S/C18H18ClNO4S/c1-9-16(11(3)21)10(2)20-17(9)15(22)8-24-18(23)13-7-12(25-4)5-6-14(13)19/h5-7,20H,8H2,1-4H3. The molecule has 0 radical (unpaired) electrons. The second-order valence-corrected chi connectivity index (χ2v) is 6.81. The van der Waals surface area contributed by atoms with E-state index in [2.05, 4.69) is 4.98 Å². The molecule has 7 heteroatoms. The molecule has 1 heterocycles. The molecule has 2 rings (SSSR count). The number of esters is 1. The first-order chi connectivity index (χ1) is 11.8. The van der Waals surface area contributed by atoms with Crippen LogP contribution in [0.25, 0.3) is 0 Å². The van der Waals surface area contributed by atoms with Gasteiger partial charge in [0, 0.05) is 16.2 Å². The van der Waals surface area contributed by atoms with E-state index in [1.165, 1.54) is 18.7 Å². The lowest BCUT2D eigenvalue weighted by Crippen LogP contribution is -2.16. The highest BCUT2D eigenvalue weighted by Crippen LogP contribution is 2.24. The molecule has 132 valence electrons. The van der Waals surface area contributed by atoms with Gasteiger partial charge in [0.1, 0.15) is 0 Å². The highest BCUT2D eigenvalue weighted by atomic mass is 35.5. The number of benzene rings is 1. The zero-order valence-electron chi connectivity index (χ0n) is 14.4. The van der Waals surface area contributed by atoms with E-state index < -0.39 is 18.4 Å². The van der Waals surface area contributed by atoms with E-state index >= 15 is 0 Å². The lowest BCUT2D eigenvalue weighted by Gasteiger charge is -2.07.